The average Bonchev–Trinajstić information content (AvgIpc) is 2.79. The molecule has 1 fully saturated rings. The van der Waals surface area contributed by atoms with E-state index < -0.39 is 0 Å². The van der Waals surface area contributed by atoms with Crippen LogP contribution < -0.4 is 10.9 Å². The van der Waals surface area contributed by atoms with Gasteiger partial charge in [0.05, 0.1) is 6.33 Å². The molecule has 1 amide bonds. The lowest BCUT2D eigenvalue weighted by Crippen LogP contribution is -2.38. The molecule has 2 aromatic heterocycles. The molecule has 0 spiro atoms. The summed E-state index contributed by atoms with van der Waals surface area (Å²) < 4.78 is 14.8. The van der Waals surface area contributed by atoms with Crippen LogP contribution in [0.3, 0.4) is 0 Å². The number of hydrogen-bond donors (Lipinski definition) is 2. The van der Waals surface area contributed by atoms with Crippen molar-refractivity contribution in [3.63, 3.8) is 0 Å². The molecule has 0 saturated heterocycles. The van der Waals surface area contributed by atoms with E-state index >= 15 is 0 Å². The van der Waals surface area contributed by atoms with Crippen molar-refractivity contribution < 1.29 is 9.18 Å². The zero-order chi connectivity index (χ0) is 18.1. The fourth-order valence-electron chi connectivity index (χ4n) is 3.73. The number of aromatic amines is 1. The summed E-state index contributed by atoms with van der Waals surface area (Å²) in [5.41, 5.74) is 1.02. The Bertz CT molecular complexity index is 1020. The number of rotatable bonds is 3. The minimum atomic E-state index is -0.382. The monoisotopic (exact) mass is 356 g/mol. The smallest absolute Gasteiger partial charge is 0.278 e. The van der Waals surface area contributed by atoms with Gasteiger partial charge in [-0.3, -0.25) is 14.2 Å². The van der Waals surface area contributed by atoms with E-state index in [9.17, 15) is 14.0 Å². The Morgan fingerprint density at radius 1 is 1.27 bits per heavy atom. The number of amides is 1. The van der Waals surface area contributed by atoms with Crippen LogP contribution in [0.25, 0.3) is 21.9 Å². The zero-order valence-electron chi connectivity index (χ0n) is 14.4. The van der Waals surface area contributed by atoms with Gasteiger partial charge >= 0.3 is 0 Å². The molecule has 7 heteroatoms. The number of hydrogen-bond acceptors (Lipinski definition) is 3. The van der Waals surface area contributed by atoms with Gasteiger partial charge in [-0.15, -0.1) is 0 Å². The van der Waals surface area contributed by atoms with Gasteiger partial charge in [0.1, 0.15) is 23.4 Å². The number of nitrogens with zero attached hydrogens (tertiary/aromatic N) is 2. The van der Waals surface area contributed by atoms with Crippen LogP contribution in [-0.2, 0) is 11.3 Å². The lowest BCUT2D eigenvalue weighted by molar-refractivity contribution is -0.122. The summed E-state index contributed by atoms with van der Waals surface area (Å²) in [5, 5.41) is 3.59. The second-order valence-electron chi connectivity index (χ2n) is 6.97. The number of halogens is 1. The Labute approximate surface area is 149 Å². The first kappa shape index (κ1) is 16.8. The minimum absolute atomic E-state index is 0.0675. The van der Waals surface area contributed by atoms with Crippen molar-refractivity contribution in [2.75, 3.05) is 0 Å². The predicted octanol–water partition coefficient (Wildman–Crippen LogP) is 2.86. The van der Waals surface area contributed by atoms with Gasteiger partial charge in [0, 0.05) is 16.9 Å². The molecule has 0 unspecified atom stereocenters. The van der Waals surface area contributed by atoms with E-state index in [0.29, 0.717) is 16.4 Å². The fourth-order valence-corrected chi connectivity index (χ4v) is 3.73. The SMILES string of the molecule is O=C(Cn1cnc2c([nH]c3ccc(F)cc32)c1=O)NC1CCCCCC1. The summed E-state index contributed by atoms with van der Waals surface area (Å²) in [5.74, 6) is -0.561. The molecule has 0 radical (unpaired) electrons. The first-order valence-corrected chi connectivity index (χ1v) is 9.07. The zero-order valence-corrected chi connectivity index (χ0v) is 14.4. The molecular weight excluding hydrogens is 335 g/mol. The van der Waals surface area contributed by atoms with Crippen LogP contribution in [0, 0.1) is 5.82 Å². The largest absolute Gasteiger partial charge is 0.352 e. The molecule has 1 aromatic carbocycles. The molecule has 6 nitrogen and oxygen atoms in total. The maximum Gasteiger partial charge on any atom is 0.278 e. The highest BCUT2D eigenvalue weighted by atomic mass is 19.1. The van der Waals surface area contributed by atoms with Gasteiger partial charge in [-0.1, -0.05) is 25.7 Å². The summed E-state index contributed by atoms with van der Waals surface area (Å²) >= 11 is 0. The quantitative estimate of drug-likeness (QED) is 0.708. The summed E-state index contributed by atoms with van der Waals surface area (Å²) in [4.78, 5) is 32.3. The summed E-state index contributed by atoms with van der Waals surface area (Å²) in [6.45, 7) is -0.0675. The lowest BCUT2D eigenvalue weighted by atomic mass is 10.1. The van der Waals surface area contributed by atoms with Crippen molar-refractivity contribution in [3.8, 4) is 0 Å². The van der Waals surface area contributed by atoms with Gasteiger partial charge in [-0.05, 0) is 31.0 Å². The standard InChI is InChI=1S/C19H21FN4O2/c20-12-7-8-15-14(9-12)17-18(23-15)19(26)24(11-21-17)10-16(25)22-13-5-3-1-2-4-6-13/h7-9,11,13,23H,1-6,10H2,(H,22,25). The molecule has 2 heterocycles. The molecule has 0 aliphatic heterocycles. The maximum absolute atomic E-state index is 13.5. The molecule has 136 valence electrons. The first-order valence-electron chi connectivity index (χ1n) is 9.07. The second kappa shape index (κ2) is 6.90. The van der Waals surface area contributed by atoms with Gasteiger partial charge in [0.2, 0.25) is 5.91 Å². The predicted molar refractivity (Wildman–Crippen MR) is 97.5 cm³/mol. The van der Waals surface area contributed by atoms with Crippen LogP contribution in [0.4, 0.5) is 4.39 Å². The van der Waals surface area contributed by atoms with Gasteiger partial charge in [-0.25, -0.2) is 9.37 Å². The minimum Gasteiger partial charge on any atom is -0.352 e. The van der Waals surface area contributed by atoms with Gasteiger partial charge < -0.3 is 10.3 Å². The van der Waals surface area contributed by atoms with E-state index in [1.807, 2.05) is 0 Å². The van der Waals surface area contributed by atoms with Crippen LogP contribution in [0.5, 0.6) is 0 Å². The highest BCUT2D eigenvalue weighted by Crippen LogP contribution is 2.22. The second-order valence-corrected chi connectivity index (χ2v) is 6.97. The van der Waals surface area contributed by atoms with Gasteiger partial charge in [0.15, 0.2) is 0 Å². The highest BCUT2D eigenvalue weighted by Gasteiger charge is 2.17. The first-order chi connectivity index (χ1) is 12.6. The third-order valence-corrected chi connectivity index (χ3v) is 5.07. The molecule has 0 bridgehead atoms. The van der Waals surface area contributed by atoms with Crippen molar-refractivity contribution in [3.05, 3.63) is 40.7 Å². The van der Waals surface area contributed by atoms with E-state index in [4.69, 9.17) is 0 Å². The molecule has 1 aliphatic carbocycles. The van der Waals surface area contributed by atoms with Crippen LogP contribution >= 0.6 is 0 Å². The van der Waals surface area contributed by atoms with Gasteiger partial charge in [-0.2, -0.15) is 0 Å². The number of carbonyl (C=O) groups excluding carboxylic acids is 1. The third-order valence-electron chi connectivity index (χ3n) is 5.07. The Morgan fingerprint density at radius 2 is 2.04 bits per heavy atom. The van der Waals surface area contributed by atoms with Crippen molar-refractivity contribution in [1.82, 2.24) is 19.9 Å². The van der Waals surface area contributed by atoms with Crippen LogP contribution in [0.1, 0.15) is 38.5 Å². The topological polar surface area (TPSA) is 79.8 Å². The normalized spacial score (nSPS) is 16.0. The summed E-state index contributed by atoms with van der Waals surface area (Å²) in [7, 11) is 0. The van der Waals surface area contributed by atoms with Crippen LogP contribution in [0.2, 0.25) is 0 Å². The Kier molecular flexibility index (Phi) is 4.44. The van der Waals surface area contributed by atoms with Crippen molar-refractivity contribution in [2.45, 2.75) is 51.1 Å². The number of H-pyrrole nitrogens is 1. The highest BCUT2D eigenvalue weighted by molar-refractivity contribution is 6.04. The van der Waals surface area contributed by atoms with Gasteiger partial charge in [0.25, 0.3) is 5.56 Å². The van der Waals surface area contributed by atoms with Crippen molar-refractivity contribution in [1.29, 1.82) is 0 Å². The maximum atomic E-state index is 13.5. The molecule has 26 heavy (non-hydrogen) atoms. The van der Waals surface area contributed by atoms with Crippen LogP contribution in [-0.4, -0.2) is 26.5 Å². The summed E-state index contributed by atoms with van der Waals surface area (Å²) in [6.07, 6.45) is 8.03. The number of carbonyl (C=O) groups is 1. The van der Waals surface area contributed by atoms with Crippen molar-refractivity contribution >= 4 is 27.8 Å². The Hall–Kier alpha value is -2.70. The fraction of sp³-hybridized carbons (Fsp3) is 0.421. The Balaban J connectivity index is 1.58. The molecule has 1 saturated carbocycles. The molecule has 0 atom stereocenters. The van der Waals surface area contributed by atoms with E-state index in [1.54, 1.807) is 6.07 Å². The lowest BCUT2D eigenvalue weighted by Gasteiger charge is -2.16. The third kappa shape index (κ3) is 3.21. The molecule has 3 aromatic rings. The number of nitrogens with one attached hydrogen (secondary N) is 2. The molecule has 2 N–H and O–H groups in total. The van der Waals surface area contributed by atoms with E-state index in [0.717, 1.165) is 25.7 Å². The van der Waals surface area contributed by atoms with E-state index in [1.165, 1.54) is 35.9 Å². The molecular formula is C19H21FN4O2. The van der Waals surface area contributed by atoms with Crippen molar-refractivity contribution in [2.24, 2.45) is 0 Å². The average molecular weight is 356 g/mol. The van der Waals surface area contributed by atoms with Crippen LogP contribution in [0.15, 0.2) is 29.3 Å². The van der Waals surface area contributed by atoms with E-state index in [-0.39, 0.29) is 35.4 Å². The number of benzene rings is 1. The number of aromatic nitrogens is 3. The number of fused-ring (bicyclic) bond motifs is 3. The Morgan fingerprint density at radius 3 is 2.81 bits per heavy atom. The molecule has 4 rings (SSSR count). The summed E-state index contributed by atoms with van der Waals surface area (Å²) in [6, 6.07) is 4.45. The molecule has 1 aliphatic rings. The van der Waals surface area contributed by atoms with E-state index in [2.05, 4.69) is 15.3 Å².